The Kier molecular flexibility index (Phi) is 6.59. The van der Waals surface area contributed by atoms with Crippen LogP contribution in [0.4, 0.5) is 0 Å². The summed E-state index contributed by atoms with van der Waals surface area (Å²) in [7, 11) is 1.63. The number of aliphatic hydroxyl groups is 1. The molecule has 0 spiro atoms. The number of methoxy groups -OCH3 is 1. The van der Waals surface area contributed by atoms with Crippen LogP contribution in [0, 0.1) is 5.41 Å². The van der Waals surface area contributed by atoms with Crippen molar-refractivity contribution in [3.8, 4) is 5.75 Å². The van der Waals surface area contributed by atoms with Crippen molar-refractivity contribution in [1.29, 1.82) is 0 Å². The van der Waals surface area contributed by atoms with Crippen molar-refractivity contribution in [3.05, 3.63) is 65.7 Å². The largest absolute Gasteiger partial charge is 0.496 e. The molecule has 2 aromatic rings. The van der Waals surface area contributed by atoms with Crippen molar-refractivity contribution in [1.82, 2.24) is 5.32 Å². The van der Waals surface area contributed by atoms with Crippen LogP contribution in [-0.4, -0.2) is 30.8 Å². The fraction of sp³-hybridized carbons (Fsp3) is 0.381. The average molecular weight is 341 g/mol. The lowest BCUT2D eigenvalue weighted by atomic mass is 9.84. The van der Waals surface area contributed by atoms with Crippen molar-refractivity contribution in [2.24, 2.45) is 5.41 Å². The Morgan fingerprint density at radius 2 is 1.76 bits per heavy atom. The molecule has 2 N–H and O–H groups in total. The molecule has 0 aliphatic carbocycles. The van der Waals surface area contributed by atoms with E-state index in [1.54, 1.807) is 7.11 Å². The third-order valence-electron chi connectivity index (χ3n) is 4.25. The maximum absolute atomic E-state index is 12.6. The molecule has 0 saturated carbocycles. The van der Waals surface area contributed by atoms with Crippen LogP contribution in [0.2, 0.25) is 0 Å². The quantitative estimate of drug-likeness (QED) is 0.776. The van der Waals surface area contributed by atoms with Gasteiger partial charge in [0.25, 0.3) is 0 Å². The summed E-state index contributed by atoms with van der Waals surface area (Å²) in [5.74, 6) is 0.706. The van der Waals surface area contributed by atoms with Crippen LogP contribution in [0.5, 0.6) is 5.75 Å². The summed E-state index contributed by atoms with van der Waals surface area (Å²) in [5.41, 5.74) is 1.45. The summed E-state index contributed by atoms with van der Waals surface area (Å²) < 4.78 is 5.36. The Morgan fingerprint density at radius 3 is 2.44 bits per heavy atom. The standard InChI is InChI=1S/C21H27NO3/c1-21(2,14-17-11-7-8-12-19(17)25-3)20(24)22-15-18(23)13-16-9-5-4-6-10-16/h4-12,18,23H,13-15H2,1-3H3,(H,22,24). The molecule has 0 aliphatic rings. The van der Waals surface area contributed by atoms with Crippen LogP contribution in [-0.2, 0) is 17.6 Å². The number of carbonyl (C=O) groups excluding carboxylic acids is 1. The molecule has 0 aliphatic heterocycles. The average Bonchev–Trinajstić information content (AvgIpc) is 2.60. The van der Waals surface area contributed by atoms with Gasteiger partial charge in [-0.25, -0.2) is 0 Å². The summed E-state index contributed by atoms with van der Waals surface area (Å²) in [6.07, 6.45) is 0.486. The van der Waals surface area contributed by atoms with E-state index < -0.39 is 11.5 Å². The molecule has 0 radical (unpaired) electrons. The van der Waals surface area contributed by atoms with Crippen LogP contribution in [0.15, 0.2) is 54.6 Å². The fourth-order valence-electron chi connectivity index (χ4n) is 2.81. The highest BCUT2D eigenvalue weighted by molar-refractivity contribution is 5.82. The lowest BCUT2D eigenvalue weighted by Gasteiger charge is -2.25. The molecule has 4 heteroatoms. The van der Waals surface area contributed by atoms with Gasteiger partial charge in [-0.1, -0.05) is 62.4 Å². The molecule has 0 heterocycles. The third kappa shape index (κ3) is 5.61. The second-order valence-electron chi connectivity index (χ2n) is 6.93. The molecule has 1 atom stereocenters. The van der Waals surface area contributed by atoms with Gasteiger partial charge in [0.15, 0.2) is 0 Å². The number of carbonyl (C=O) groups is 1. The molecule has 134 valence electrons. The summed E-state index contributed by atoms with van der Waals surface area (Å²) in [4.78, 5) is 12.6. The zero-order valence-electron chi connectivity index (χ0n) is 15.2. The van der Waals surface area contributed by atoms with E-state index in [-0.39, 0.29) is 12.5 Å². The molecule has 1 amide bonds. The van der Waals surface area contributed by atoms with E-state index in [2.05, 4.69) is 5.32 Å². The highest BCUT2D eigenvalue weighted by Gasteiger charge is 2.29. The van der Waals surface area contributed by atoms with Gasteiger partial charge in [0.1, 0.15) is 5.75 Å². The van der Waals surface area contributed by atoms with Gasteiger partial charge in [-0.3, -0.25) is 4.79 Å². The maximum Gasteiger partial charge on any atom is 0.226 e. The van der Waals surface area contributed by atoms with Crippen LogP contribution in [0.25, 0.3) is 0 Å². The normalized spacial score (nSPS) is 12.5. The van der Waals surface area contributed by atoms with Crippen LogP contribution < -0.4 is 10.1 Å². The molecule has 2 aromatic carbocycles. The van der Waals surface area contributed by atoms with Crippen molar-refractivity contribution < 1.29 is 14.6 Å². The van der Waals surface area contributed by atoms with E-state index in [4.69, 9.17) is 4.74 Å². The van der Waals surface area contributed by atoms with Gasteiger partial charge in [0, 0.05) is 18.4 Å². The molecule has 0 bridgehead atoms. The van der Waals surface area contributed by atoms with Crippen LogP contribution in [0.3, 0.4) is 0 Å². The summed E-state index contributed by atoms with van der Waals surface area (Å²) in [6, 6.07) is 17.5. The highest BCUT2D eigenvalue weighted by atomic mass is 16.5. The number of ether oxygens (including phenoxy) is 1. The first-order valence-electron chi connectivity index (χ1n) is 8.54. The number of amides is 1. The van der Waals surface area contributed by atoms with Gasteiger partial charge < -0.3 is 15.2 Å². The van der Waals surface area contributed by atoms with E-state index in [0.29, 0.717) is 12.8 Å². The first-order chi connectivity index (χ1) is 11.9. The Bertz CT molecular complexity index is 683. The minimum absolute atomic E-state index is 0.0782. The fourth-order valence-corrected chi connectivity index (χ4v) is 2.81. The summed E-state index contributed by atoms with van der Waals surface area (Å²) in [6.45, 7) is 4.04. The third-order valence-corrected chi connectivity index (χ3v) is 4.25. The molecular weight excluding hydrogens is 314 g/mol. The Morgan fingerprint density at radius 1 is 1.12 bits per heavy atom. The van der Waals surface area contributed by atoms with E-state index in [1.165, 1.54) is 0 Å². The lowest BCUT2D eigenvalue weighted by molar-refractivity contribution is -0.129. The maximum atomic E-state index is 12.6. The number of nitrogens with one attached hydrogen (secondary N) is 1. The Labute approximate surface area is 149 Å². The summed E-state index contributed by atoms with van der Waals surface area (Å²) in [5, 5.41) is 13.0. The van der Waals surface area contributed by atoms with Gasteiger partial charge >= 0.3 is 0 Å². The molecular formula is C21H27NO3. The molecule has 1 unspecified atom stereocenters. The van der Waals surface area contributed by atoms with Gasteiger partial charge in [0.2, 0.25) is 5.91 Å². The minimum atomic E-state index is -0.603. The first-order valence-corrected chi connectivity index (χ1v) is 8.54. The van der Waals surface area contributed by atoms with Gasteiger partial charge in [0.05, 0.1) is 13.2 Å². The SMILES string of the molecule is COc1ccccc1CC(C)(C)C(=O)NCC(O)Cc1ccccc1. The number of hydrogen-bond donors (Lipinski definition) is 2. The van der Waals surface area contributed by atoms with Crippen molar-refractivity contribution in [3.63, 3.8) is 0 Å². The monoisotopic (exact) mass is 341 g/mol. The Balaban J connectivity index is 1.90. The lowest BCUT2D eigenvalue weighted by Crippen LogP contribution is -2.42. The van der Waals surface area contributed by atoms with Gasteiger partial charge in [-0.05, 0) is 23.6 Å². The molecule has 25 heavy (non-hydrogen) atoms. The molecule has 0 aromatic heterocycles. The minimum Gasteiger partial charge on any atom is -0.496 e. The molecule has 0 fully saturated rings. The highest BCUT2D eigenvalue weighted by Crippen LogP contribution is 2.27. The molecule has 0 saturated heterocycles. The number of rotatable bonds is 8. The number of para-hydroxylation sites is 1. The number of hydrogen-bond acceptors (Lipinski definition) is 3. The van der Waals surface area contributed by atoms with Crippen LogP contribution >= 0.6 is 0 Å². The van der Waals surface area contributed by atoms with Crippen molar-refractivity contribution in [2.75, 3.05) is 13.7 Å². The zero-order valence-corrected chi connectivity index (χ0v) is 15.2. The van der Waals surface area contributed by atoms with E-state index in [1.807, 2.05) is 68.4 Å². The Hall–Kier alpha value is -2.33. The first kappa shape index (κ1) is 19.0. The zero-order chi connectivity index (χ0) is 18.3. The smallest absolute Gasteiger partial charge is 0.226 e. The van der Waals surface area contributed by atoms with E-state index in [9.17, 15) is 9.90 Å². The van der Waals surface area contributed by atoms with Gasteiger partial charge in [-0.2, -0.15) is 0 Å². The topological polar surface area (TPSA) is 58.6 Å². The van der Waals surface area contributed by atoms with Crippen LogP contribution in [0.1, 0.15) is 25.0 Å². The second-order valence-corrected chi connectivity index (χ2v) is 6.93. The van der Waals surface area contributed by atoms with Crippen molar-refractivity contribution >= 4 is 5.91 Å². The number of aliphatic hydroxyl groups excluding tert-OH is 1. The van der Waals surface area contributed by atoms with Crippen molar-refractivity contribution in [2.45, 2.75) is 32.8 Å². The second kappa shape index (κ2) is 8.67. The number of benzene rings is 2. The van der Waals surface area contributed by atoms with E-state index in [0.717, 1.165) is 16.9 Å². The van der Waals surface area contributed by atoms with E-state index >= 15 is 0 Å². The molecule has 2 rings (SSSR count). The predicted molar refractivity (Wildman–Crippen MR) is 99.6 cm³/mol. The molecule has 4 nitrogen and oxygen atoms in total. The van der Waals surface area contributed by atoms with Gasteiger partial charge in [-0.15, -0.1) is 0 Å². The summed E-state index contributed by atoms with van der Waals surface area (Å²) >= 11 is 0. The predicted octanol–water partition coefficient (Wildman–Crippen LogP) is 2.98.